The van der Waals surface area contributed by atoms with Crippen molar-refractivity contribution in [3.63, 3.8) is 0 Å². The van der Waals surface area contributed by atoms with Crippen LogP contribution in [0.15, 0.2) is 18.5 Å². The number of aromatic nitrogens is 1. The van der Waals surface area contributed by atoms with Gasteiger partial charge in [-0.25, -0.2) is 0 Å². The fourth-order valence-corrected chi connectivity index (χ4v) is 3.32. The summed E-state index contributed by atoms with van der Waals surface area (Å²) in [5.74, 6) is 0.775. The number of aryl methyl sites for hydroxylation is 1. The summed E-state index contributed by atoms with van der Waals surface area (Å²) < 4.78 is 0. The minimum absolute atomic E-state index is 0.631. The van der Waals surface area contributed by atoms with Crippen LogP contribution in [-0.2, 0) is 0 Å². The Kier molecular flexibility index (Phi) is 3.29. The Morgan fingerprint density at radius 2 is 2.40 bits per heavy atom. The van der Waals surface area contributed by atoms with Gasteiger partial charge in [0, 0.05) is 36.0 Å². The molecule has 0 saturated carbocycles. The highest BCUT2D eigenvalue weighted by molar-refractivity contribution is 9.09. The SMILES string of the molecule is Cc1cnccc1N1CCC(C)C1CBr. The second-order valence-corrected chi connectivity index (χ2v) is 4.99. The molecule has 0 bridgehead atoms. The van der Waals surface area contributed by atoms with E-state index in [0.717, 1.165) is 11.2 Å². The summed E-state index contributed by atoms with van der Waals surface area (Å²) >= 11 is 3.62. The Morgan fingerprint density at radius 1 is 1.60 bits per heavy atom. The Morgan fingerprint density at radius 3 is 3.07 bits per heavy atom. The topological polar surface area (TPSA) is 16.1 Å². The van der Waals surface area contributed by atoms with E-state index in [9.17, 15) is 0 Å². The lowest BCUT2D eigenvalue weighted by molar-refractivity contribution is 0.554. The Bertz CT molecular complexity index is 340. The zero-order chi connectivity index (χ0) is 10.8. The highest BCUT2D eigenvalue weighted by atomic mass is 79.9. The largest absolute Gasteiger partial charge is 0.367 e. The molecule has 1 aliphatic heterocycles. The van der Waals surface area contributed by atoms with Crippen molar-refractivity contribution in [3.8, 4) is 0 Å². The summed E-state index contributed by atoms with van der Waals surface area (Å²) in [7, 11) is 0. The summed E-state index contributed by atoms with van der Waals surface area (Å²) in [5.41, 5.74) is 2.62. The number of hydrogen-bond acceptors (Lipinski definition) is 2. The smallest absolute Gasteiger partial charge is 0.0429 e. The zero-order valence-corrected chi connectivity index (χ0v) is 10.9. The van der Waals surface area contributed by atoms with Gasteiger partial charge in [0.25, 0.3) is 0 Å². The average Bonchev–Trinajstić information content (AvgIpc) is 2.60. The summed E-state index contributed by atoms with van der Waals surface area (Å²) in [5, 5.41) is 1.05. The molecule has 2 heterocycles. The van der Waals surface area contributed by atoms with E-state index in [1.54, 1.807) is 0 Å². The van der Waals surface area contributed by atoms with Crippen LogP contribution in [0, 0.1) is 12.8 Å². The van der Waals surface area contributed by atoms with Gasteiger partial charge in [-0.15, -0.1) is 0 Å². The first-order chi connectivity index (χ1) is 7.24. The van der Waals surface area contributed by atoms with E-state index in [-0.39, 0.29) is 0 Å². The molecule has 2 atom stereocenters. The van der Waals surface area contributed by atoms with Gasteiger partial charge in [-0.3, -0.25) is 4.98 Å². The van der Waals surface area contributed by atoms with Crippen molar-refractivity contribution in [2.45, 2.75) is 26.3 Å². The molecule has 82 valence electrons. The number of pyridine rings is 1. The van der Waals surface area contributed by atoms with Crippen LogP contribution < -0.4 is 4.90 Å². The second kappa shape index (κ2) is 4.52. The fourth-order valence-electron chi connectivity index (χ4n) is 2.33. The van der Waals surface area contributed by atoms with Crippen LogP contribution in [-0.4, -0.2) is 22.9 Å². The number of nitrogens with zero attached hydrogens (tertiary/aromatic N) is 2. The number of rotatable bonds is 2. The summed E-state index contributed by atoms with van der Waals surface area (Å²) in [6.07, 6.45) is 5.12. The standard InChI is InChI=1S/C12H17BrN2/c1-9-4-6-15(12(9)7-13)11-3-5-14-8-10(11)2/h3,5,8-9,12H,4,6-7H2,1-2H3. The van der Waals surface area contributed by atoms with Crippen LogP contribution >= 0.6 is 15.9 Å². The molecule has 2 nitrogen and oxygen atoms in total. The number of hydrogen-bond donors (Lipinski definition) is 0. The molecular formula is C12H17BrN2. The molecule has 1 aromatic rings. The molecule has 1 fully saturated rings. The van der Waals surface area contributed by atoms with Crippen molar-refractivity contribution >= 4 is 21.6 Å². The fraction of sp³-hybridized carbons (Fsp3) is 0.583. The predicted molar refractivity (Wildman–Crippen MR) is 67.7 cm³/mol. The van der Waals surface area contributed by atoms with Gasteiger partial charge in [0.15, 0.2) is 0 Å². The maximum absolute atomic E-state index is 4.15. The normalized spacial score (nSPS) is 25.9. The predicted octanol–water partition coefficient (Wildman–Crippen LogP) is 3.00. The molecule has 0 aromatic carbocycles. The van der Waals surface area contributed by atoms with E-state index < -0.39 is 0 Å². The van der Waals surface area contributed by atoms with Crippen LogP contribution in [0.2, 0.25) is 0 Å². The third-order valence-electron chi connectivity index (χ3n) is 3.34. The Balaban J connectivity index is 2.28. The first-order valence-corrected chi connectivity index (χ1v) is 6.59. The lowest BCUT2D eigenvalue weighted by atomic mass is 10.0. The van der Waals surface area contributed by atoms with E-state index in [1.165, 1.54) is 24.2 Å². The third kappa shape index (κ3) is 2.03. The Labute approximate surface area is 99.8 Å². The van der Waals surface area contributed by atoms with Gasteiger partial charge in [-0.05, 0) is 30.9 Å². The van der Waals surface area contributed by atoms with Gasteiger partial charge in [-0.1, -0.05) is 22.9 Å². The number of alkyl halides is 1. The molecule has 3 heteroatoms. The highest BCUT2D eigenvalue weighted by Gasteiger charge is 2.30. The van der Waals surface area contributed by atoms with Gasteiger partial charge in [-0.2, -0.15) is 0 Å². The van der Waals surface area contributed by atoms with E-state index in [0.29, 0.717) is 6.04 Å². The lowest BCUT2D eigenvalue weighted by Gasteiger charge is -2.28. The molecule has 2 unspecified atom stereocenters. The first kappa shape index (κ1) is 10.9. The molecule has 15 heavy (non-hydrogen) atoms. The minimum Gasteiger partial charge on any atom is -0.367 e. The quantitative estimate of drug-likeness (QED) is 0.767. The molecule has 0 radical (unpaired) electrons. The second-order valence-electron chi connectivity index (χ2n) is 4.34. The summed E-state index contributed by atoms with van der Waals surface area (Å²) in [6, 6.07) is 2.76. The first-order valence-electron chi connectivity index (χ1n) is 5.47. The lowest BCUT2D eigenvalue weighted by Crippen LogP contribution is -2.33. The van der Waals surface area contributed by atoms with Gasteiger partial charge >= 0.3 is 0 Å². The molecule has 0 N–H and O–H groups in total. The van der Waals surface area contributed by atoms with E-state index in [1.807, 2.05) is 12.4 Å². The molecule has 0 spiro atoms. The molecule has 2 rings (SSSR count). The molecule has 1 aliphatic rings. The summed E-state index contributed by atoms with van der Waals surface area (Å²) in [6.45, 7) is 5.64. The third-order valence-corrected chi connectivity index (χ3v) is 4.00. The average molecular weight is 269 g/mol. The maximum atomic E-state index is 4.15. The maximum Gasteiger partial charge on any atom is 0.0429 e. The molecular weight excluding hydrogens is 252 g/mol. The van der Waals surface area contributed by atoms with E-state index in [2.05, 4.69) is 45.7 Å². The van der Waals surface area contributed by atoms with Crippen molar-refractivity contribution in [1.82, 2.24) is 4.98 Å². The molecule has 1 saturated heterocycles. The van der Waals surface area contributed by atoms with Crippen molar-refractivity contribution in [2.75, 3.05) is 16.8 Å². The van der Waals surface area contributed by atoms with Gasteiger partial charge in [0.1, 0.15) is 0 Å². The van der Waals surface area contributed by atoms with Crippen LogP contribution in [0.3, 0.4) is 0 Å². The van der Waals surface area contributed by atoms with Crippen LogP contribution in [0.4, 0.5) is 5.69 Å². The van der Waals surface area contributed by atoms with Crippen molar-refractivity contribution in [3.05, 3.63) is 24.0 Å². The van der Waals surface area contributed by atoms with Crippen LogP contribution in [0.25, 0.3) is 0 Å². The molecule has 0 aliphatic carbocycles. The van der Waals surface area contributed by atoms with Gasteiger partial charge < -0.3 is 4.90 Å². The van der Waals surface area contributed by atoms with E-state index in [4.69, 9.17) is 0 Å². The van der Waals surface area contributed by atoms with Gasteiger partial charge in [0.2, 0.25) is 0 Å². The number of anilines is 1. The molecule has 0 amide bonds. The summed E-state index contributed by atoms with van der Waals surface area (Å²) in [4.78, 5) is 6.66. The monoisotopic (exact) mass is 268 g/mol. The minimum atomic E-state index is 0.631. The van der Waals surface area contributed by atoms with Crippen molar-refractivity contribution < 1.29 is 0 Å². The van der Waals surface area contributed by atoms with Crippen LogP contribution in [0.1, 0.15) is 18.9 Å². The highest BCUT2D eigenvalue weighted by Crippen LogP contribution is 2.31. The van der Waals surface area contributed by atoms with Gasteiger partial charge in [0.05, 0.1) is 0 Å². The van der Waals surface area contributed by atoms with Crippen LogP contribution in [0.5, 0.6) is 0 Å². The van der Waals surface area contributed by atoms with E-state index >= 15 is 0 Å². The van der Waals surface area contributed by atoms with Crippen molar-refractivity contribution in [1.29, 1.82) is 0 Å². The Hall–Kier alpha value is -0.570. The molecule has 1 aromatic heterocycles. The zero-order valence-electron chi connectivity index (χ0n) is 9.28. The van der Waals surface area contributed by atoms with Crippen molar-refractivity contribution in [2.24, 2.45) is 5.92 Å². The number of halogens is 1.